The van der Waals surface area contributed by atoms with Crippen molar-refractivity contribution in [2.75, 3.05) is 5.32 Å². The summed E-state index contributed by atoms with van der Waals surface area (Å²) in [5.41, 5.74) is -0.0490. The number of H-pyrrole nitrogens is 1. The number of aromatic amines is 1. The maximum absolute atomic E-state index is 11.5. The monoisotopic (exact) mass is 235 g/mol. The smallest absolute Gasteiger partial charge is 0.252 e. The summed E-state index contributed by atoms with van der Waals surface area (Å²) in [5.74, 6) is 2.05. The molecular formula is C13H21N3O. The van der Waals surface area contributed by atoms with Crippen LogP contribution < -0.4 is 10.9 Å². The molecule has 94 valence electrons. The van der Waals surface area contributed by atoms with Gasteiger partial charge in [-0.15, -0.1) is 0 Å². The molecule has 0 aliphatic heterocycles. The Kier molecular flexibility index (Phi) is 3.82. The van der Waals surface area contributed by atoms with E-state index >= 15 is 0 Å². The predicted molar refractivity (Wildman–Crippen MR) is 69.4 cm³/mol. The summed E-state index contributed by atoms with van der Waals surface area (Å²) in [7, 11) is 0. The van der Waals surface area contributed by atoms with Gasteiger partial charge in [-0.2, -0.15) is 0 Å². The molecule has 2 rings (SSSR count). The van der Waals surface area contributed by atoms with Crippen LogP contribution in [-0.2, 0) is 0 Å². The Hall–Kier alpha value is -1.32. The normalized spacial score (nSPS) is 16.8. The molecule has 0 amide bonds. The second kappa shape index (κ2) is 5.34. The molecule has 1 unspecified atom stereocenters. The lowest BCUT2D eigenvalue weighted by Crippen LogP contribution is -2.19. The van der Waals surface area contributed by atoms with Crippen LogP contribution >= 0.6 is 0 Å². The van der Waals surface area contributed by atoms with Crippen molar-refractivity contribution in [1.29, 1.82) is 0 Å². The quantitative estimate of drug-likeness (QED) is 0.797. The van der Waals surface area contributed by atoms with Gasteiger partial charge in [-0.1, -0.05) is 19.8 Å². The number of aromatic nitrogens is 2. The second-order valence-electron chi connectivity index (χ2n) is 4.98. The SMILES string of the molecule is CCCCC(C)Nc1cc(=O)[nH]c(C2CC2)n1. The molecule has 1 aromatic heterocycles. The van der Waals surface area contributed by atoms with Gasteiger partial charge in [0, 0.05) is 18.0 Å². The standard InChI is InChI=1S/C13H21N3O/c1-3-4-5-9(2)14-11-8-12(17)16-13(15-11)10-6-7-10/h8-10H,3-7H2,1-2H3,(H2,14,15,16,17). The van der Waals surface area contributed by atoms with Crippen LogP contribution in [0.15, 0.2) is 10.9 Å². The average Bonchev–Trinajstić information content (AvgIpc) is 3.09. The molecule has 1 atom stereocenters. The van der Waals surface area contributed by atoms with Gasteiger partial charge in [0.25, 0.3) is 5.56 Å². The van der Waals surface area contributed by atoms with Crippen molar-refractivity contribution < 1.29 is 0 Å². The van der Waals surface area contributed by atoms with Crippen molar-refractivity contribution in [3.05, 3.63) is 22.2 Å². The van der Waals surface area contributed by atoms with Crippen LogP contribution in [0.2, 0.25) is 0 Å². The van der Waals surface area contributed by atoms with E-state index in [9.17, 15) is 4.79 Å². The summed E-state index contributed by atoms with van der Waals surface area (Å²) in [4.78, 5) is 18.8. The van der Waals surface area contributed by atoms with Crippen molar-refractivity contribution in [3.8, 4) is 0 Å². The van der Waals surface area contributed by atoms with Gasteiger partial charge in [-0.25, -0.2) is 4.98 Å². The zero-order chi connectivity index (χ0) is 12.3. The minimum absolute atomic E-state index is 0.0490. The fraction of sp³-hybridized carbons (Fsp3) is 0.692. The highest BCUT2D eigenvalue weighted by molar-refractivity contribution is 5.34. The third-order valence-corrected chi connectivity index (χ3v) is 3.11. The molecule has 17 heavy (non-hydrogen) atoms. The van der Waals surface area contributed by atoms with Gasteiger partial charge in [0.05, 0.1) is 0 Å². The fourth-order valence-electron chi connectivity index (χ4n) is 1.94. The van der Waals surface area contributed by atoms with E-state index in [4.69, 9.17) is 0 Å². The summed E-state index contributed by atoms with van der Waals surface area (Å²) in [5, 5.41) is 3.31. The first-order valence-corrected chi connectivity index (χ1v) is 6.57. The van der Waals surface area contributed by atoms with Crippen LogP contribution in [0.4, 0.5) is 5.82 Å². The van der Waals surface area contributed by atoms with Gasteiger partial charge in [-0.05, 0) is 26.2 Å². The molecule has 1 saturated carbocycles. The first kappa shape index (κ1) is 12.1. The molecule has 0 aromatic carbocycles. The molecule has 2 N–H and O–H groups in total. The molecule has 4 nitrogen and oxygen atoms in total. The van der Waals surface area contributed by atoms with E-state index in [2.05, 4.69) is 29.1 Å². The number of unbranched alkanes of at least 4 members (excludes halogenated alkanes) is 1. The zero-order valence-electron chi connectivity index (χ0n) is 10.6. The number of nitrogens with one attached hydrogen (secondary N) is 2. The Bertz CT molecular complexity index is 423. The highest BCUT2D eigenvalue weighted by Crippen LogP contribution is 2.37. The van der Waals surface area contributed by atoms with E-state index in [1.54, 1.807) is 6.07 Å². The number of anilines is 1. The Morgan fingerprint density at radius 2 is 2.35 bits per heavy atom. The van der Waals surface area contributed by atoms with E-state index < -0.39 is 0 Å². The van der Waals surface area contributed by atoms with E-state index in [-0.39, 0.29) is 5.56 Å². The Morgan fingerprint density at radius 1 is 1.59 bits per heavy atom. The molecule has 1 aromatic rings. The van der Waals surface area contributed by atoms with E-state index in [1.807, 2.05) is 0 Å². The van der Waals surface area contributed by atoms with Crippen molar-refractivity contribution in [2.24, 2.45) is 0 Å². The Labute approximate surface area is 102 Å². The van der Waals surface area contributed by atoms with Crippen molar-refractivity contribution in [2.45, 2.75) is 57.9 Å². The Balaban J connectivity index is 2.02. The first-order valence-electron chi connectivity index (χ1n) is 6.57. The number of hydrogen-bond acceptors (Lipinski definition) is 3. The van der Waals surface area contributed by atoms with Gasteiger partial charge >= 0.3 is 0 Å². The van der Waals surface area contributed by atoms with E-state index in [0.29, 0.717) is 12.0 Å². The average molecular weight is 235 g/mol. The summed E-state index contributed by atoms with van der Waals surface area (Å²) in [6.07, 6.45) is 5.81. The summed E-state index contributed by atoms with van der Waals surface area (Å²) >= 11 is 0. The van der Waals surface area contributed by atoms with Crippen LogP contribution in [0.25, 0.3) is 0 Å². The lowest BCUT2D eigenvalue weighted by Gasteiger charge is -2.14. The lowest BCUT2D eigenvalue weighted by atomic mass is 10.1. The van der Waals surface area contributed by atoms with E-state index in [1.165, 1.54) is 12.8 Å². The van der Waals surface area contributed by atoms with Crippen molar-refractivity contribution >= 4 is 5.82 Å². The van der Waals surface area contributed by atoms with Gasteiger partial charge in [-0.3, -0.25) is 4.79 Å². The Morgan fingerprint density at radius 3 is 3.00 bits per heavy atom. The van der Waals surface area contributed by atoms with Gasteiger partial charge in [0.1, 0.15) is 11.6 Å². The molecule has 0 saturated heterocycles. The topological polar surface area (TPSA) is 57.8 Å². The highest BCUT2D eigenvalue weighted by Gasteiger charge is 2.26. The fourth-order valence-corrected chi connectivity index (χ4v) is 1.94. The minimum Gasteiger partial charge on any atom is -0.367 e. The second-order valence-corrected chi connectivity index (χ2v) is 4.98. The van der Waals surface area contributed by atoms with Crippen molar-refractivity contribution in [3.63, 3.8) is 0 Å². The molecule has 0 spiro atoms. The van der Waals surface area contributed by atoms with Crippen LogP contribution in [0.1, 0.15) is 57.7 Å². The third kappa shape index (κ3) is 3.58. The van der Waals surface area contributed by atoms with E-state index in [0.717, 1.165) is 30.9 Å². The summed E-state index contributed by atoms with van der Waals surface area (Å²) in [6, 6.07) is 1.92. The highest BCUT2D eigenvalue weighted by atomic mass is 16.1. The molecule has 1 fully saturated rings. The molecule has 1 aliphatic carbocycles. The number of hydrogen-bond donors (Lipinski definition) is 2. The molecular weight excluding hydrogens is 214 g/mol. The molecule has 1 heterocycles. The van der Waals surface area contributed by atoms with Gasteiger partial charge < -0.3 is 10.3 Å². The lowest BCUT2D eigenvalue weighted by molar-refractivity contribution is 0.642. The number of nitrogens with zero attached hydrogens (tertiary/aromatic N) is 1. The van der Waals surface area contributed by atoms with Crippen molar-refractivity contribution in [1.82, 2.24) is 9.97 Å². The maximum Gasteiger partial charge on any atom is 0.252 e. The van der Waals surface area contributed by atoms with Crippen LogP contribution in [0.5, 0.6) is 0 Å². The molecule has 1 aliphatic rings. The van der Waals surface area contributed by atoms with Gasteiger partial charge in [0.2, 0.25) is 0 Å². The molecule has 0 radical (unpaired) electrons. The minimum atomic E-state index is -0.0490. The van der Waals surface area contributed by atoms with Crippen LogP contribution in [0.3, 0.4) is 0 Å². The summed E-state index contributed by atoms with van der Waals surface area (Å²) in [6.45, 7) is 4.32. The predicted octanol–water partition coefficient (Wildman–Crippen LogP) is 2.64. The van der Waals surface area contributed by atoms with Crippen LogP contribution in [0, 0.1) is 0 Å². The number of rotatable bonds is 6. The first-order chi connectivity index (χ1) is 8.19. The maximum atomic E-state index is 11.5. The zero-order valence-corrected chi connectivity index (χ0v) is 10.6. The summed E-state index contributed by atoms with van der Waals surface area (Å²) < 4.78 is 0. The molecule has 4 heteroatoms. The molecule has 0 bridgehead atoms. The van der Waals surface area contributed by atoms with Crippen LogP contribution in [-0.4, -0.2) is 16.0 Å². The van der Waals surface area contributed by atoms with Gasteiger partial charge in [0.15, 0.2) is 0 Å². The largest absolute Gasteiger partial charge is 0.367 e. The third-order valence-electron chi connectivity index (χ3n) is 3.11.